The van der Waals surface area contributed by atoms with Crippen LogP contribution < -0.4 is 9.47 Å². The molecule has 0 unspecified atom stereocenters. The van der Waals surface area contributed by atoms with Crippen molar-refractivity contribution in [1.29, 1.82) is 0 Å². The number of halogens is 1. The summed E-state index contributed by atoms with van der Waals surface area (Å²) >= 11 is 7.96. The highest BCUT2D eigenvalue weighted by molar-refractivity contribution is 7.09. The average molecular weight is 364 g/mol. The Kier molecular flexibility index (Phi) is 4.37. The van der Waals surface area contributed by atoms with E-state index in [1.807, 2.05) is 28.5 Å². The van der Waals surface area contributed by atoms with Crippen LogP contribution in [-0.4, -0.2) is 30.1 Å². The van der Waals surface area contributed by atoms with Gasteiger partial charge in [-0.3, -0.25) is 4.79 Å². The number of hydrogen-bond donors (Lipinski definition) is 0. The number of carbonyl (C=O) groups excluding carboxylic acids is 1. The molecule has 0 spiro atoms. The zero-order valence-corrected chi connectivity index (χ0v) is 14.7. The Morgan fingerprint density at radius 2 is 2.12 bits per heavy atom. The molecule has 1 saturated carbocycles. The molecule has 1 fully saturated rings. The van der Waals surface area contributed by atoms with Gasteiger partial charge in [0.05, 0.1) is 18.0 Å². The lowest BCUT2D eigenvalue weighted by Crippen LogP contribution is -2.33. The lowest BCUT2D eigenvalue weighted by molar-refractivity contribution is -0.131. The Hall–Kier alpha value is -1.72. The minimum atomic E-state index is 0.138. The molecule has 0 N–H and O–H groups in total. The third-order valence-electron chi connectivity index (χ3n) is 4.23. The van der Waals surface area contributed by atoms with E-state index < -0.39 is 0 Å². The van der Waals surface area contributed by atoms with Gasteiger partial charge in [-0.1, -0.05) is 17.7 Å². The smallest absolute Gasteiger partial charge is 0.227 e. The number of thiophene rings is 1. The molecule has 6 heteroatoms. The van der Waals surface area contributed by atoms with Gasteiger partial charge < -0.3 is 14.4 Å². The maximum absolute atomic E-state index is 12.8. The molecule has 2 aliphatic rings. The van der Waals surface area contributed by atoms with Crippen LogP contribution in [0.1, 0.15) is 23.3 Å². The number of rotatable bonds is 5. The fourth-order valence-corrected chi connectivity index (χ4v) is 3.91. The third-order valence-corrected chi connectivity index (χ3v) is 5.37. The van der Waals surface area contributed by atoms with Gasteiger partial charge in [0.2, 0.25) is 5.91 Å². The van der Waals surface area contributed by atoms with Crippen molar-refractivity contribution in [2.75, 3.05) is 13.2 Å². The average Bonchev–Trinajstić information content (AvgIpc) is 3.28. The molecule has 0 atom stereocenters. The SMILES string of the molecule is O=C(Cc1cc(Cl)c2c(c1)OCCO2)N(Cc1cccs1)C1CC1. The molecule has 24 heavy (non-hydrogen) atoms. The second-order valence-corrected chi connectivity index (χ2v) is 7.55. The first-order valence-electron chi connectivity index (χ1n) is 8.10. The van der Waals surface area contributed by atoms with Gasteiger partial charge in [-0.15, -0.1) is 11.3 Å². The Balaban J connectivity index is 1.51. The summed E-state index contributed by atoms with van der Waals surface area (Å²) in [6, 6.07) is 8.16. The topological polar surface area (TPSA) is 38.8 Å². The molecule has 4 rings (SSSR count). The predicted octanol–water partition coefficient (Wildman–Crippen LogP) is 3.91. The van der Waals surface area contributed by atoms with Crippen LogP contribution >= 0.6 is 22.9 Å². The lowest BCUT2D eigenvalue weighted by atomic mass is 10.1. The van der Waals surface area contributed by atoms with Crippen LogP contribution in [0, 0.1) is 0 Å². The maximum atomic E-state index is 12.8. The summed E-state index contributed by atoms with van der Waals surface area (Å²) in [5, 5.41) is 2.55. The summed E-state index contributed by atoms with van der Waals surface area (Å²) < 4.78 is 11.1. The van der Waals surface area contributed by atoms with Crippen LogP contribution in [-0.2, 0) is 17.8 Å². The van der Waals surface area contributed by atoms with Crippen molar-refractivity contribution >= 4 is 28.8 Å². The Labute approximate surface area is 149 Å². The Morgan fingerprint density at radius 1 is 1.29 bits per heavy atom. The summed E-state index contributed by atoms with van der Waals surface area (Å²) in [6.07, 6.45) is 2.52. The molecule has 0 bridgehead atoms. The van der Waals surface area contributed by atoms with E-state index >= 15 is 0 Å². The number of nitrogens with zero attached hydrogens (tertiary/aromatic N) is 1. The molecule has 1 aliphatic carbocycles. The van der Waals surface area contributed by atoms with E-state index in [1.54, 1.807) is 11.3 Å². The van der Waals surface area contributed by atoms with Crippen molar-refractivity contribution in [1.82, 2.24) is 4.90 Å². The molecule has 4 nitrogen and oxygen atoms in total. The molecule has 1 aromatic heterocycles. The Morgan fingerprint density at radius 3 is 2.88 bits per heavy atom. The highest BCUT2D eigenvalue weighted by atomic mass is 35.5. The van der Waals surface area contributed by atoms with Crippen molar-refractivity contribution in [3.05, 3.63) is 45.1 Å². The monoisotopic (exact) mass is 363 g/mol. The van der Waals surface area contributed by atoms with Crippen LogP contribution in [0.4, 0.5) is 0 Å². The van der Waals surface area contributed by atoms with Gasteiger partial charge in [0.25, 0.3) is 0 Å². The van der Waals surface area contributed by atoms with E-state index in [2.05, 4.69) is 6.07 Å². The quantitative estimate of drug-likeness (QED) is 0.808. The van der Waals surface area contributed by atoms with Gasteiger partial charge in [-0.25, -0.2) is 0 Å². The Bertz CT molecular complexity index is 743. The second-order valence-electron chi connectivity index (χ2n) is 6.11. The zero-order valence-electron chi connectivity index (χ0n) is 13.2. The van der Waals surface area contributed by atoms with E-state index in [0.717, 1.165) is 18.4 Å². The molecule has 0 radical (unpaired) electrons. The van der Waals surface area contributed by atoms with Crippen molar-refractivity contribution in [2.24, 2.45) is 0 Å². The summed E-state index contributed by atoms with van der Waals surface area (Å²) in [7, 11) is 0. The lowest BCUT2D eigenvalue weighted by Gasteiger charge is -2.23. The van der Waals surface area contributed by atoms with Gasteiger partial charge in [-0.2, -0.15) is 0 Å². The molecule has 0 saturated heterocycles. The molecule has 2 aromatic rings. The molecule has 2 heterocycles. The van der Waals surface area contributed by atoms with Crippen molar-refractivity contribution in [3.8, 4) is 11.5 Å². The van der Waals surface area contributed by atoms with Crippen LogP contribution in [0.5, 0.6) is 11.5 Å². The van der Waals surface area contributed by atoms with Crippen LogP contribution in [0.3, 0.4) is 0 Å². The van der Waals surface area contributed by atoms with Gasteiger partial charge in [0.15, 0.2) is 11.5 Å². The van der Waals surface area contributed by atoms with E-state index in [1.165, 1.54) is 4.88 Å². The van der Waals surface area contributed by atoms with E-state index in [0.29, 0.717) is 48.7 Å². The van der Waals surface area contributed by atoms with E-state index in [9.17, 15) is 4.79 Å². The first-order valence-corrected chi connectivity index (χ1v) is 9.36. The number of hydrogen-bond acceptors (Lipinski definition) is 4. The standard InChI is InChI=1S/C18H18ClNO3S/c19-15-8-12(9-16-18(15)23-6-5-22-16)10-17(21)20(13-3-4-13)11-14-2-1-7-24-14/h1-2,7-9,13H,3-6,10-11H2. The zero-order chi connectivity index (χ0) is 16.5. The van der Waals surface area contributed by atoms with Crippen LogP contribution in [0.15, 0.2) is 29.6 Å². The summed E-state index contributed by atoms with van der Waals surface area (Å²) in [6.45, 7) is 1.70. The number of amides is 1. The maximum Gasteiger partial charge on any atom is 0.227 e. The summed E-state index contributed by atoms with van der Waals surface area (Å²) in [5.41, 5.74) is 0.867. The second kappa shape index (κ2) is 6.65. The fourth-order valence-electron chi connectivity index (χ4n) is 2.92. The first-order chi connectivity index (χ1) is 11.7. The molecular weight excluding hydrogens is 346 g/mol. The summed E-state index contributed by atoms with van der Waals surface area (Å²) in [5.74, 6) is 1.35. The highest BCUT2D eigenvalue weighted by Crippen LogP contribution is 2.39. The molecular formula is C18H18ClNO3S. The number of ether oxygens (including phenoxy) is 2. The minimum Gasteiger partial charge on any atom is -0.486 e. The predicted molar refractivity (Wildman–Crippen MR) is 94.0 cm³/mol. The molecule has 1 aromatic carbocycles. The van der Waals surface area contributed by atoms with E-state index in [4.69, 9.17) is 21.1 Å². The minimum absolute atomic E-state index is 0.138. The number of carbonyl (C=O) groups is 1. The van der Waals surface area contributed by atoms with Crippen molar-refractivity contribution in [2.45, 2.75) is 31.8 Å². The highest BCUT2D eigenvalue weighted by Gasteiger charge is 2.32. The van der Waals surface area contributed by atoms with Gasteiger partial charge in [0, 0.05) is 10.9 Å². The normalized spacial score (nSPS) is 16.0. The molecule has 126 valence electrons. The fraction of sp³-hybridized carbons (Fsp3) is 0.389. The first kappa shape index (κ1) is 15.8. The molecule has 1 aliphatic heterocycles. The van der Waals surface area contributed by atoms with Gasteiger partial charge >= 0.3 is 0 Å². The van der Waals surface area contributed by atoms with Crippen molar-refractivity contribution in [3.63, 3.8) is 0 Å². The number of benzene rings is 1. The summed E-state index contributed by atoms with van der Waals surface area (Å²) in [4.78, 5) is 16.0. The van der Waals surface area contributed by atoms with Crippen molar-refractivity contribution < 1.29 is 14.3 Å². The third kappa shape index (κ3) is 3.37. The van der Waals surface area contributed by atoms with Crippen LogP contribution in [0.2, 0.25) is 5.02 Å². The largest absolute Gasteiger partial charge is 0.486 e. The number of fused-ring (bicyclic) bond motifs is 1. The van der Waals surface area contributed by atoms with Crippen LogP contribution in [0.25, 0.3) is 0 Å². The van der Waals surface area contributed by atoms with Gasteiger partial charge in [-0.05, 0) is 42.0 Å². The van der Waals surface area contributed by atoms with E-state index in [-0.39, 0.29) is 5.91 Å². The molecule has 1 amide bonds. The van der Waals surface area contributed by atoms with Gasteiger partial charge in [0.1, 0.15) is 13.2 Å².